The number of rotatable bonds is 5. The van der Waals surface area contributed by atoms with Crippen molar-refractivity contribution in [2.75, 3.05) is 6.61 Å². The summed E-state index contributed by atoms with van der Waals surface area (Å²) in [6, 6.07) is 4.89. The fourth-order valence-electron chi connectivity index (χ4n) is 2.41. The lowest BCUT2D eigenvalue weighted by atomic mass is 10.1. The second-order valence-corrected chi connectivity index (χ2v) is 4.86. The van der Waals surface area contributed by atoms with E-state index in [0.717, 1.165) is 0 Å². The molecule has 1 aromatic carbocycles. The summed E-state index contributed by atoms with van der Waals surface area (Å²) in [5.41, 5.74) is 5.94. The minimum atomic E-state index is -0.434. The van der Waals surface area contributed by atoms with Crippen molar-refractivity contribution in [3.63, 3.8) is 0 Å². The van der Waals surface area contributed by atoms with Crippen LogP contribution in [0.5, 0.6) is 0 Å². The largest absolute Gasteiger partial charge is 0.384 e. The molecule has 2 rings (SSSR count). The minimum absolute atomic E-state index is 0.150. The van der Waals surface area contributed by atoms with E-state index in [1.54, 1.807) is 12.1 Å². The highest BCUT2D eigenvalue weighted by Crippen LogP contribution is 2.25. The smallest absolute Gasteiger partial charge is 0.139 e. The van der Waals surface area contributed by atoms with Gasteiger partial charge in [-0.25, -0.2) is 4.39 Å². The summed E-state index contributed by atoms with van der Waals surface area (Å²) in [6.45, 7) is 0.952. The zero-order valence-electron chi connectivity index (χ0n) is 10.4. The number of halogens is 1. The highest BCUT2D eigenvalue weighted by Gasteiger charge is 2.15. The first-order chi connectivity index (χ1) is 8.68. The number of benzene rings is 1. The first-order valence-electron chi connectivity index (χ1n) is 6.38. The molecular formula is C14H19FN2O. The molecule has 4 heteroatoms. The number of nitrogens with one attached hydrogen (secondary N) is 1. The molecule has 0 radical (unpaired) electrons. The van der Waals surface area contributed by atoms with Crippen molar-refractivity contribution in [3.05, 3.63) is 35.1 Å². The van der Waals surface area contributed by atoms with Gasteiger partial charge in [0.1, 0.15) is 11.7 Å². The predicted molar refractivity (Wildman–Crippen MR) is 69.0 cm³/mol. The fourth-order valence-corrected chi connectivity index (χ4v) is 2.41. The molecule has 1 saturated carbocycles. The van der Waals surface area contributed by atoms with Crippen LogP contribution in [0.2, 0.25) is 0 Å². The van der Waals surface area contributed by atoms with Gasteiger partial charge in [-0.05, 0) is 24.8 Å². The fraction of sp³-hybridized carbons (Fsp3) is 0.500. The normalized spacial score (nSPS) is 16.1. The van der Waals surface area contributed by atoms with Gasteiger partial charge in [0, 0.05) is 12.2 Å². The lowest BCUT2D eigenvalue weighted by Crippen LogP contribution is -2.15. The van der Waals surface area contributed by atoms with E-state index in [2.05, 4.69) is 0 Å². The standard InChI is InChI=1S/C14H19FN2O/c15-13-11(6-3-7-12(13)14(16)17)9-18-8-10-4-1-2-5-10/h3,6-7,10H,1-2,4-5,8-9H2,(H3,16,17). The van der Waals surface area contributed by atoms with Crippen molar-refractivity contribution >= 4 is 5.84 Å². The third kappa shape index (κ3) is 3.07. The third-order valence-corrected chi connectivity index (χ3v) is 3.45. The Bertz CT molecular complexity index is 428. The molecule has 3 nitrogen and oxygen atoms in total. The van der Waals surface area contributed by atoms with Crippen LogP contribution in [-0.2, 0) is 11.3 Å². The van der Waals surface area contributed by atoms with Crippen molar-refractivity contribution in [3.8, 4) is 0 Å². The number of nitrogen functional groups attached to an aromatic ring is 1. The number of nitrogens with two attached hydrogens (primary N) is 1. The van der Waals surface area contributed by atoms with E-state index in [0.29, 0.717) is 18.1 Å². The minimum Gasteiger partial charge on any atom is -0.384 e. The average molecular weight is 250 g/mol. The Morgan fingerprint density at radius 1 is 1.39 bits per heavy atom. The molecule has 0 unspecified atom stereocenters. The molecule has 98 valence electrons. The van der Waals surface area contributed by atoms with Crippen molar-refractivity contribution in [2.45, 2.75) is 32.3 Å². The second-order valence-electron chi connectivity index (χ2n) is 4.86. The summed E-state index contributed by atoms with van der Waals surface area (Å²) >= 11 is 0. The molecule has 0 spiro atoms. The van der Waals surface area contributed by atoms with Crippen LogP contribution in [0.1, 0.15) is 36.8 Å². The lowest BCUT2D eigenvalue weighted by Gasteiger charge is -2.11. The first kappa shape index (κ1) is 13.0. The Balaban J connectivity index is 1.92. The number of hydrogen-bond acceptors (Lipinski definition) is 2. The summed E-state index contributed by atoms with van der Waals surface area (Å²) < 4.78 is 19.5. The molecule has 0 aromatic heterocycles. The molecule has 1 aromatic rings. The van der Waals surface area contributed by atoms with Crippen LogP contribution in [0.3, 0.4) is 0 Å². The van der Waals surface area contributed by atoms with Crippen LogP contribution in [0.15, 0.2) is 18.2 Å². The molecule has 0 bridgehead atoms. The van der Waals surface area contributed by atoms with Crippen molar-refractivity contribution < 1.29 is 9.13 Å². The van der Waals surface area contributed by atoms with Gasteiger partial charge >= 0.3 is 0 Å². The predicted octanol–water partition coefficient (Wildman–Crippen LogP) is 2.82. The van der Waals surface area contributed by atoms with E-state index in [1.165, 1.54) is 31.7 Å². The van der Waals surface area contributed by atoms with Gasteiger partial charge in [-0.2, -0.15) is 0 Å². The van der Waals surface area contributed by atoms with Crippen LogP contribution in [0.25, 0.3) is 0 Å². The molecule has 0 atom stereocenters. The molecule has 1 aliphatic carbocycles. The van der Waals surface area contributed by atoms with Gasteiger partial charge in [-0.15, -0.1) is 0 Å². The van der Waals surface area contributed by atoms with Gasteiger partial charge in [-0.1, -0.05) is 25.0 Å². The molecule has 1 aliphatic rings. The molecule has 3 N–H and O–H groups in total. The number of amidine groups is 1. The first-order valence-corrected chi connectivity index (χ1v) is 6.38. The van der Waals surface area contributed by atoms with Crippen molar-refractivity contribution in [2.24, 2.45) is 11.7 Å². The van der Waals surface area contributed by atoms with E-state index >= 15 is 0 Å². The topological polar surface area (TPSA) is 59.1 Å². The molecule has 18 heavy (non-hydrogen) atoms. The van der Waals surface area contributed by atoms with Gasteiger partial charge < -0.3 is 10.5 Å². The zero-order chi connectivity index (χ0) is 13.0. The van der Waals surface area contributed by atoms with Gasteiger partial charge in [0.25, 0.3) is 0 Å². The monoisotopic (exact) mass is 250 g/mol. The Labute approximate surface area is 107 Å². The van der Waals surface area contributed by atoms with Gasteiger partial charge in [0.2, 0.25) is 0 Å². The highest BCUT2D eigenvalue weighted by molar-refractivity contribution is 5.95. The molecule has 1 fully saturated rings. The van der Waals surface area contributed by atoms with Crippen LogP contribution in [0.4, 0.5) is 4.39 Å². The Kier molecular flexibility index (Phi) is 4.31. The van der Waals surface area contributed by atoms with Crippen molar-refractivity contribution in [1.29, 1.82) is 5.41 Å². The Hall–Kier alpha value is -1.42. The lowest BCUT2D eigenvalue weighted by molar-refractivity contribution is 0.0869. The molecule has 0 amide bonds. The maximum absolute atomic E-state index is 13.9. The highest BCUT2D eigenvalue weighted by atomic mass is 19.1. The summed E-state index contributed by atoms with van der Waals surface area (Å²) in [5.74, 6) is -0.0504. The van der Waals surface area contributed by atoms with E-state index in [4.69, 9.17) is 15.9 Å². The van der Waals surface area contributed by atoms with E-state index < -0.39 is 5.82 Å². The second kappa shape index (κ2) is 5.96. The average Bonchev–Trinajstić information content (AvgIpc) is 2.84. The summed E-state index contributed by atoms with van der Waals surface area (Å²) in [6.07, 6.45) is 5.00. The van der Waals surface area contributed by atoms with Crippen LogP contribution >= 0.6 is 0 Å². The maximum atomic E-state index is 13.9. The van der Waals surface area contributed by atoms with E-state index in [-0.39, 0.29) is 18.0 Å². The molecular weight excluding hydrogens is 231 g/mol. The van der Waals surface area contributed by atoms with Gasteiger partial charge in [-0.3, -0.25) is 5.41 Å². The van der Waals surface area contributed by atoms with Crippen molar-refractivity contribution in [1.82, 2.24) is 0 Å². The van der Waals surface area contributed by atoms with Crippen LogP contribution < -0.4 is 5.73 Å². The number of hydrogen-bond donors (Lipinski definition) is 2. The van der Waals surface area contributed by atoms with Gasteiger partial charge in [0.15, 0.2) is 0 Å². The summed E-state index contributed by atoms with van der Waals surface area (Å²) in [7, 11) is 0. The summed E-state index contributed by atoms with van der Waals surface area (Å²) in [5, 5.41) is 7.28. The molecule has 0 aliphatic heterocycles. The van der Waals surface area contributed by atoms with Crippen LogP contribution in [-0.4, -0.2) is 12.4 Å². The summed E-state index contributed by atoms with van der Waals surface area (Å²) in [4.78, 5) is 0. The quantitative estimate of drug-likeness (QED) is 0.623. The van der Waals surface area contributed by atoms with E-state index in [1.807, 2.05) is 0 Å². The zero-order valence-corrected chi connectivity index (χ0v) is 10.4. The Morgan fingerprint density at radius 3 is 2.78 bits per heavy atom. The molecule has 0 saturated heterocycles. The van der Waals surface area contributed by atoms with E-state index in [9.17, 15) is 4.39 Å². The number of ether oxygens (including phenoxy) is 1. The Morgan fingerprint density at radius 2 is 2.11 bits per heavy atom. The van der Waals surface area contributed by atoms with Crippen LogP contribution in [0, 0.1) is 17.1 Å². The van der Waals surface area contributed by atoms with Gasteiger partial charge in [0.05, 0.1) is 12.2 Å². The molecule has 0 heterocycles. The maximum Gasteiger partial charge on any atom is 0.139 e. The SMILES string of the molecule is N=C(N)c1cccc(COCC2CCCC2)c1F. The third-order valence-electron chi connectivity index (χ3n) is 3.45.